The summed E-state index contributed by atoms with van der Waals surface area (Å²) in [5, 5.41) is 8.02. The van der Waals surface area contributed by atoms with Gasteiger partial charge in [-0.3, -0.25) is 4.79 Å². The number of amides is 1. The van der Waals surface area contributed by atoms with Gasteiger partial charge in [-0.2, -0.15) is 5.10 Å². The van der Waals surface area contributed by atoms with Crippen molar-refractivity contribution in [3.8, 4) is 0 Å². The van der Waals surface area contributed by atoms with E-state index >= 15 is 0 Å². The molecule has 3 rings (SSSR count). The molecule has 1 amide bonds. The Hall–Kier alpha value is -1.89. The lowest BCUT2D eigenvalue weighted by atomic mass is 10.2. The lowest BCUT2D eigenvalue weighted by Crippen LogP contribution is -2.16. The van der Waals surface area contributed by atoms with Gasteiger partial charge in [-0.05, 0) is 51.8 Å². The van der Waals surface area contributed by atoms with Crippen LogP contribution in [0.5, 0.6) is 0 Å². The highest BCUT2D eigenvalue weighted by Gasteiger charge is 2.14. The number of nitrogens with zero attached hydrogens (tertiary/aromatic N) is 2. The number of halogens is 4. The van der Waals surface area contributed by atoms with Gasteiger partial charge in [0.1, 0.15) is 11.6 Å². The van der Waals surface area contributed by atoms with E-state index in [-0.39, 0.29) is 5.91 Å². The minimum absolute atomic E-state index is 0.318. The number of rotatable bonds is 4. The first-order valence-electron chi connectivity index (χ1n) is 7.16. The minimum atomic E-state index is -0.425. The van der Waals surface area contributed by atoms with Crippen LogP contribution in [-0.4, -0.2) is 15.7 Å². The van der Waals surface area contributed by atoms with Crippen LogP contribution in [0.4, 0.5) is 10.2 Å². The van der Waals surface area contributed by atoms with Crippen LogP contribution >= 0.6 is 39.1 Å². The molecule has 0 atom stereocenters. The molecule has 0 fully saturated rings. The Labute approximate surface area is 161 Å². The molecule has 4 nitrogen and oxygen atoms in total. The fourth-order valence-electron chi connectivity index (χ4n) is 2.23. The van der Waals surface area contributed by atoms with E-state index in [1.165, 1.54) is 18.2 Å². The fraction of sp³-hybridized carbons (Fsp3) is 0.0588. The van der Waals surface area contributed by atoms with Gasteiger partial charge in [0.15, 0.2) is 0 Å². The standard InChI is InChI=1S/C17H11BrCl2FN3O/c18-14-8-12(21)3-4-13(14)17(25)23-16-5-6-22-24(16)9-10-1-2-11(19)7-15(10)20/h1-8H,9H2,(H,23,25). The van der Waals surface area contributed by atoms with Crippen molar-refractivity contribution in [3.63, 3.8) is 0 Å². The lowest BCUT2D eigenvalue weighted by molar-refractivity contribution is 0.102. The Morgan fingerprint density at radius 1 is 1.20 bits per heavy atom. The molecule has 128 valence electrons. The van der Waals surface area contributed by atoms with E-state index < -0.39 is 5.82 Å². The smallest absolute Gasteiger partial charge is 0.257 e. The summed E-state index contributed by atoms with van der Waals surface area (Å²) in [6.07, 6.45) is 1.57. The molecule has 0 unspecified atom stereocenters. The predicted molar refractivity (Wildman–Crippen MR) is 99.8 cm³/mol. The number of hydrogen-bond acceptors (Lipinski definition) is 2. The van der Waals surface area contributed by atoms with Crippen molar-refractivity contribution in [1.29, 1.82) is 0 Å². The molecule has 0 aliphatic rings. The van der Waals surface area contributed by atoms with Crippen LogP contribution in [0, 0.1) is 5.82 Å². The van der Waals surface area contributed by atoms with E-state index in [4.69, 9.17) is 23.2 Å². The van der Waals surface area contributed by atoms with E-state index in [2.05, 4.69) is 26.3 Å². The second-order valence-electron chi connectivity index (χ2n) is 5.19. The van der Waals surface area contributed by atoms with Crippen LogP contribution < -0.4 is 5.32 Å². The third-order valence-corrected chi connectivity index (χ3v) is 4.71. The molecule has 1 heterocycles. The maximum Gasteiger partial charge on any atom is 0.257 e. The third kappa shape index (κ3) is 4.21. The zero-order chi connectivity index (χ0) is 18.0. The Morgan fingerprint density at radius 3 is 2.72 bits per heavy atom. The van der Waals surface area contributed by atoms with Gasteiger partial charge in [-0.25, -0.2) is 9.07 Å². The van der Waals surface area contributed by atoms with Gasteiger partial charge in [0, 0.05) is 20.6 Å². The average molecular weight is 443 g/mol. The molecule has 0 bridgehead atoms. The number of aromatic nitrogens is 2. The van der Waals surface area contributed by atoms with E-state index in [0.717, 1.165) is 5.56 Å². The normalized spacial score (nSPS) is 10.7. The lowest BCUT2D eigenvalue weighted by Gasteiger charge is -2.11. The van der Waals surface area contributed by atoms with Crippen molar-refractivity contribution in [2.45, 2.75) is 6.54 Å². The largest absolute Gasteiger partial charge is 0.307 e. The zero-order valence-electron chi connectivity index (χ0n) is 12.6. The summed E-state index contributed by atoms with van der Waals surface area (Å²) in [6.45, 7) is 0.364. The number of nitrogens with one attached hydrogen (secondary N) is 1. The first-order chi connectivity index (χ1) is 11.9. The number of carbonyl (C=O) groups excluding carboxylic acids is 1. The third-order valence-electron chi connectivity index (χ3n) is 3.47. The molecule has 0 radical (unpaired) electrons. The summed E-state index contributed by atoms with van der Waals surface area (Å²) < 4.78 is 15.1. The van der Waals surface area contributed by atoms with Crippen LogP contribution in [0.2, 0.25) is 10.0 Å². The summed E-state index contributed by atoms with van der Waals surface area (Å²) in [7, 11) is 0. The highest BCUT2D eigenvalue weighted by molar-refractivity contribution is 9.10. The van der Waals surface area contributed by atoms with E-state index in [1.807, 2.05) is 0 Å². The van der Waals surface area contributed by atoms with Gasteiger partial charge in [0.05, 0.1) is 18.3 Å². The fourth-order valence-corrected chi connectivity index (χ4v) is 3.23. The van der Waals surface area contributed by atoms with Gasteiger partial charge in [-0.15, -0.1) is 0 Å². The number of carbonyl (C=O) groups is 1. The van der Waals surface area contributed by atoms with Gasteiger partial charge in [0.2, 0.25) is 0 Å². The van der Waals surface area contributed by atoms with Gasteiger partial charge >= 0.3 is 0 Å². The van der Waals surface area contributed by atoms with E-state index in [9.17, 15) is 9.18 Å². The molecule has 0 saturated carbocycles. The van der Waals surface area contributed by atoms with Crippen molar-refractivity contribution in [2.75, 3.05) is 5.32 Å². The molecule has 8 heteroatoms. The molecule has 0 spiro atoms. The second kappa shape index (κ2) is 7.56. The monoisotopic (exact) mass is 441 g/mol. The van der Waals surface area contributed by atoms with Crippen LogP contribution in [0.3, 0.4) is 0 Å². The highest BCUT2D eigenvalue weighted by Crippen LogP contribution is 2.23. The first-order valence-corrected chi connectivity index (χ1v) is 8.71. The summed E-state index contributed by atoms with van der Waals surface area (Å²) in [5.41, 5.74) is 1.13. The van der Waals surface area contributed by atoms with Crippen molar-refractivity contribution in [1.82, 2.24) is 9.78 Å². The van der Waals surface area contributed by atoms with E-state index in [1.54, 1.807) is 35.1 Å². The van der Waals surface area contributed by atoms with Crippen LogP contribution in [0.1, 0.15) is 15.9 Å². The van der Waals surface area contributed by atoms with Crippen LogP contribution in [0.25, 0.3) is 0 Å². The number of benzene rings is 2. The molecule has 1 aromatic heterocycles. The molecule has 0 saturated heterocycles. The summed E-state index contributed by atoms with van der Waals surface area (Å²) >= 11 is 15.3. The van der Waals surface area contributed by atoms with Crippen molar-refractivity contribution >= 4 is 50.9 Å². The molecule has 2 aromatic carbocycles. The zero-order valence-corrected chi connectivity index (χ0v) is 15.7. The van der Waals surface area contributed by atoms with Crippen molar-refractivity contribution < 1.29 is 9.18 Å². The summed E-state index contributed by atoms with van der Waals surface area (Å²) in [4.78, 5) is 12.4. The summed E-state index contributed by atoms with van der Waals surface area (Å²) in [6, 6.07) is 10.7. The van der Waals surface area contributed by atoms with E-state index in [0.29, 0.717) is 32.4 Å². The van der Waals surface area contributed by atoms with Crippen molar-refractivity contribution in [3.05, 3.63) is 80.1 Å². The topological polar surface area (TPSA) is 46.9 Å². The Morgan fingerprint density at radius 2 is 2.00 bits per heavy atom. The maximum atomic E-state index is 13.2. The molecule has 1 N–H and O–H groups in total. The quantitative estimate of drug-likeness (QED) is 0.588. The Bertz CT molecular complexity index is 945. The Balaban J connectivity index is 1.81. The second-order valence-corrected chi connectivity index (χ2v) is 6.89. The highest BCUT2D eigenvalue weighted by atomic mass is 79.9. The first kappa shape index (κ1) is 17.9. The number of anilines is 1. The predicted octanol–water partition coefficient (Wildman–Crippen LogP) is 5.39. The van der Waals surface area contributed by atoms with Crippen LogP contribution in [-0.2, 0) is 6.54 Å². The maximum absolute atomic E-state index is 13.2. The SMILES string of the molecule is O=C(Nc1ccnn1Cc1ccc(Cl)cc1Cl)c1ccc(F)cc1Br. The number of hydrogen-bond donors (Lipinski definition) is 1. The van der Waals surface area contributed by atoms with Crippen molar-refractivity contribution in [2.24, 2.45) is 0 Å². The summed E-state index contributed by atoms with van der Waals surface area (Å²) in [5.74, 6) is -0.311. The van der Waals surface area contributed by atoms with Gasteiger partial charge < -0.3 is 5.32 Å². The molecular formula is C17H11BrCl2FN3O. The molecule has 25 heavy (non-hydrogen) atoms. The minimum Gasteiger partial charge on any atom is -0.307 e. The average Bonchev–Trinajstić information content (AvgIpc) is 2.97. The van der Waals surface area contributed by atoms with Gasteiger partial charge in [-0.1, -0.05) is 29.3 Å². The molecule has 0 aliphatic carbocycles. The van der Waals surface area contributed by atoms with Crippen LogP contribution in [0.15, 0.2) is 53.1 Å². The molecule has 3 aromatic rings. The van der Waals surface area contributed by atoms with Gasteiger partial charge in [0.25, 0.3) is 5.91 Å². The molecular weight excluding hydrogens is 432 g/mol. The molecule has 0 aliphatic heterocycles. The Kier molecular flexibility index (Phi) is 5.42.